The van der Waals surface area contributed by atoms with Gasteiger partial charge in [-0.1, -0.05) is 19.9 Å². The highest BCUT2D eigenvalue weighted by Gasteiger charge is 2.21. The van der Waals surface area contributed by atoms with E-state index < -0.39 is 0 Å². The van der Waals surface area contributed by atoms with E-state index in [1.165, 1.54) is 0 Å². The molecule has 68 valence electrons. The van der Waals surface area contributed by atoms with Crippen LogP contribution in [0.4, 0.5) is 0 Å². The lowest BCUT2D eigenvalue weighted by atomic mass is 10.1. The number of hydrogen-bond acceptors (Lipinski definition) is 1. The van der Waals surface area contributed by atoms with Gasteiger partial charge in [0.25, 0.3) is 0 Å². The van der Waals surface area contributed by atoms with Gasteiger partial charge in [0.05, 0.1) is 0 Å². The first-order chi connectivity index (χ1) is 5.61. The summed E-state index contributed by atoms with van der Waals surface area (Å²) in [5.74, 6) is 0.841. The van der Waals surface area contributed by atoms with Gasteiger partial charge in [-0.2, -0.15) is 0 Å². The zero-order valence-electron chi connectivity index (χ0n) is 8.08. The minimum Gasteiger partial charge on any atom is -0.333 e. The molecule has 12 heavy (non-hydrogen) atoms. The quantitative estimate of drug-likeness (QED) is 0.628. The molecule has 0 spiro atoms. The van der Waals surface area contributed by atoms with Gasteiger partial charge in [-0.05, 0) is 19.3 Å². The summed E-state index contributed by atoms with van der Waals surface area (Å²) in [5, 5.41) is 0. The smallest absolute Gasteiger partial charge is 0.246 e. The Morgan fingerprint density at radius 3 is 2.67 bits per heavy atom. The van der Waals surface area contributed by atoms with Crippen molar-refractivity contribution in [1.29, 1.82) is 0 Å². The highest BCUT2D eigenvalue weighted by molar-refractivity contribution is 5.90. The van der Waals surface area contributed by atoms with E-state index in [0.29, 0.717) is 12.0 Å². The molecule has 1 atom stereocenters. The highest BCUT2D eigenvalue weighted by Crippen LogP contribution is 2.12. The van der Waals surface area contributed by atoms with Gasteiger partial charge in [-0.3, -0.25) is 4.79 Å². The molecule has 1 heterocycles. The molecule has 0 N–H and O–H groups in total. The van der Waals surface area contributed by atoms with Crippen LogP contribution in [0.1, 0.15) is 27.2 Å². The van der Waals surface area contributed by atoms with Crippen molar-refractivity contribution in [2.45, 2.75) is 33.2 Å². The second kappa shape index (κ2) is 3.74. The topological polar surface area (TPSA) is 20.3 Å². The lowest BCUT2D eigenvalue weighted by Gasteiger charge is -2.22. The fraction of sp³-hybridized carbons (Fsp3) is 0.700. The molecule has 1 aliphatic heterocycles. The molecule has 0 saturated carbocycles. The summed E-state index contributed by atoms with van der Waals surface area (Å²) in [6, 6.07) is 0.302. The molecule has 0 bridgehead atoms. The summed E-state index contributed by atoms with van der Waals surface area (Å²) in [6.45, 7) is 7.31. The SMILES string of the molecule is CC(C)CCN1C(=O)C=CC1C. The van der Waals surface area contributed by atoms with Crippen molar-refractivity contribution >= 4 is 5.91 Å². The summed E-state index contributed by atoms with van der Waals surface area (Å²) in [6.07, 6.45) is 4.73. The van der Waals surface area contributed by atoms with Gasteiger partial charge in [0.15, 0.2) is 0 Å². The number of amides is 1. The van der Waals surface area contributed by atoms with Crippen LogP contribution < -0.4 is 0 Å². The standard InChI is InChI=1S/C10H17NO/c1-8(2)6-7-11-9(3)4-5-10(11)12/h4-5,8-9H,6-7H2,1-3H3. The second-order valence-corrected chi connectivity index (χ2v) is 3.81. The maximum Gasteiger partial charge on any atom is 0.246 e. The molecule has 0 fully saturated rings. The van der Waals surface area contributed by atoms with E-state index in [4.69, 9.17) is 0 Å². The summed E-state index contributed by atoms with van der Waals surface area (Å²) < 4.78 is 0. The molecule has 2 nitrogen and oxygen atoms in total. The first kappa shape index (κ1) is 9.30. The number of carbonyl (C=O) groups is 1. The van der Waals surface area contributed by atoms with Crippen LogP contribution in [0, 0.1) is 5.92 Å². The Morgan fingerprint density at radius 2 is 2.25 bits per heavy atom. The normalized spacial score (nSPS) is 22.8. The summed E-state index contributed by atoms with van der Waals surface area (Å²) in [4.78, 5) is 13.2. The molecular weight excluding hydrogens is 150 g/mol. The lowest BCUT2D eigenvalue weighted by Crippen LogP contribution is -2.33. The Labute approximate surface area is 74.2 Å². The molecule has 0 radical (unpaired) electrons. The molecule has 0 aliphatic carbocycles. The van der Waals surface area contributed by atoms with E-state index in [9.17, 15) is 4.79 Å². The van der Waals surface area contributed by atoms with Crippen LogP contribution in [0.3, 0.4) is 0 Å². The maximum absolute atomic E-state index is 11.2. The van der Waals surface area contributed by atoms with Crippen molar-refractivity contribution in [2.75, 3.05) is 6.54 Å². The zero-order chi connectivity index (χ0) is 9.14. The molecule has 1 amide bonds. The van der Waals surface area contributed by atoms with Gasteiger partial charge < -0.3 is 4.90 Å². The van der Waals surface area contributed by atoms with Gasteiger partial charge in [-0.25, -0.2) is 0 Å². The highest BCUT2D eigenvalue weighted by atomic mass is 16.2. The molecule has 2 heteroatoms. The van der Waals surface area contributed by atoms with Crippen LogP contribution >= 0.6 is 0 Å². The van der Waals surface area contributed by atoms with E-state index in [0.717, 1.165) is 13.0 Å². The Morgan fingerprint density at radius 1 is 1.58 bits per heavy atom. The summed E-state index contributed by atoms with van der Waals surface area (Å²) >= 11 is 0. The zero-order valence-corrected chi connectivity index (χ0v) is 8.08. The minimum absolute atomic E-state index is 0.170. The van der Waals surface area contributed by atoms with Gasteiger partial charge in [-0.15, -0.1) is 0 Å². The summed E-state index contributed by atoms with van der Waals surface area (Å²) in [7, 11) is 0. The van der Waals surface area contributed by atoms with Gasteiger partial charge >= 0.3 is 0 Å². The van der Waals surface area contributed by atoms with Crippen molar-refractivity contribution in [3.63, 3.8) is 0 Å². The van der Waals surface area contributed by atoms with E-state index in [-0.39, 0.29) is 5.91 Å². The number of carbonyl (C=O) groups excluding carboxylic acids is 1. The first-order valence-electron chi connectivity index (χ1n) is 4.60. The summed E-state index contributed by atoms with van der Waals surface area (Å²) in [5.41, 5.74) is 0. The Kier molecular flexibility index (Phi) is 2.90. The van der Waals surface area contributed by atoms with E-state index in [2.05, 4.69) is 20.8 Å². The predicted molar refractivity (Wildman–Crippen MR) is 49.8 cm³/mol. The Balaban J connectivity index is 2.37. The number of rotatable bonds is 3. The largest absolute Gasteiger partial charge is 0.333 e. The van der Waals surface area contributed by atoms with Crippen LogP contribution in [0.15, 0.2) is 12.2 Å². The number of nitrogens with zero attached hydrogens (tertiary/aromatic N) is 1. The third kappa shape index (κ3) is 2.10. The molecule has 0 aromatic rings. The molecular formula is C10H17NO. The van der Waals surface area contributed by atoms with Crippen molar-refractivity contribution in [2.24, 2.45) is 5.92 Å². The van der Waals surface area contributed by atoms with E-state index in [1.807, 2.05) is 11.0 Å². The third-order valence-electron chi connectivity index (χ3n) is 2.24. The van der Waals surface area contributed by atoms with Gasteiger partial charge in [0, 0.05) is 18.7 Å². The van der Waals surface area contributed by atoms with Crippen LogP contribution in [0.5, 0.6) is 0 Å². The monoisotopic (exact) mass is 167 g/mol. The van der Waals surface area contributed by atoms with Crippen LogP contribution in [-0.4, -0.2) is 23.4 Å². The second-order valence-electron chi connectivity index (χ2n) is 3.81. The van der Waals surface area contributed by atoms with Crippen LogP contribution in [0.2, 0.25) is 0 Å². The average molecular weight is 167 g/mol. The van der Waals surface area contributed by atoms with Crippen molar-refractivity contribution < 1.29 is 4.79 Å². The average Bonchev–Trinajstić information content (AvgIpc) is 2.28. The molecule has 1 rings (SSSR count). The molecule has 0 aromatic heterocycles. The van der Waals surface area contributed by atoms with Crippen LogP contribution in [0.25, 0.3) is 0 Å². The Hall–Kier alpha value is -0.790. The number of hydrogen-bond donors (Lipinski definition) is 0. The van der Waals surface area contributed by atoms with Crippen molar-refractivity contribution in [3.05, 3.63) is 12.2 Å². The minimum atomic E-state index is 0.170. The van der Waals surface area contributed by atoms with Gasteiger partial charge in [0.2, 0.25) is 5.91 Å². The lowest BCUT2D eigenvalue weighted by molar-refractivity contribution is -0.125. The van der Waals surface area contributed by atoms with Crippen molar-refractivity contribution in [3.8, 4) is 0 Å². The van der Waals surface area contributed by atoms with E-state index >= 15 is 0 Å². The first-order valence-corrected chi connectivity index (χ1v) is 4.60. The van der Waals surface area contributed by atoms with E-state index in [1.54, 1.807) is 6.08 Å². The maximum atomic E-state index is 11.2. The molecule has 1 unspecified atom stereocenters. The van der Waals surface area contributed by atoms with Gasteiger partial charge in [0.1, 0.15) is 0 Å². The predicted octanol–water partition coefficient (Wildman–Crippen LogP) is 1.82. The molecule has 0 aromatic carbocycles. The van der Waals surface area contributed by atoms with Crippen LogP contribution in [-0.2, 0) is 4.79 Å². The van der Waals surface area contributed by atoms with Crippen molar-refractivity contribution in [1.82, 2.24) is 4.90 Å². The fourth-order valence-electron chi connectivity index (χ4n) is 1.33. The third-order valence-corrected chi connectivity index (χ3v) is 2.24. The molecule has 0 saturated heterocycles. The Bertz CT molecular complexity index is 196. The molecule has 1 aliphatic rings. The fourth-order valence-corrected chi connectivity index (χ4v) is 1.33.